The highest BCUT2D eigenvalue weighted by atomic mass is 32.1. The monoisotopic (exact) mass is 161 g/mol. The normalized spacial score (nSPS) is 23.5. The van der Waals surface area contributed by atoms with Crippen LogP contribution in [0.2, 0.25) is 0 Å². The van der Waals surface area contributed by atoms with Crippen LogP contribution in [0.25, 0.3) is 0 Å². The van der Waals surface area contributed by atoms with Gasteiger partial charge in [-0.15, -0.1) is 0 Å². The molecule has 0 amide bonds. The molecule has 0 spiro atoms. The maximum Gasteiger partial charge on any atom is 0.279 e. The minimum atomic E-state index is -2.92. The SMILES string of the molecule is [2H]P(/C([3H])=N/[O-])P(F)OO. The molecule has 0 aliphatic heterocycles. The lowest BCUT2D eigenvalue weighted by Crippen LogP contribution is -1.61. The Morgan fingerprint density at radius 3 is 3.50 bits per heavy atom. The van der Waals surface area contributed by atoms with Crippen LogP contribution in [0.5, 0.6) is 0 Å². The minimum Gasteiger partial charge on any atom is -0.792 e. The molecule has 2 atom stereocenters. The van der Waals surface area contributed by atoms with Gasteiger partial charge in [-0.05, 0) is 0 Å². The van der Waals surface area contributed by atoms with E-state index in [1.54, 1.807) is 0 Å². The Balaban J connectivity index is 3.94. The Bertz CT molecular complexity index is 136. The molecular weight excluding hydrogens is 155 g/mol. The number of hydrogen-bond donors (Lipinski definition) is 1. The zero-order valence-electron chi connectivity index (χ0n) is 5.48. The molecule has 1 N–H and O–H groups in total. The summed E-state index contributed by atoms with van der Waals surface area (Å²) in [5.41, 5.74) is 0. The van der Waals surface area contributed by atoms with Crippen molar-refractivity contribution in [2.45, 2.75) is 0 Å². The van der Waals surface area contributed by atoms with Crippen LogP contribution in [0.4, 0.5) is 4.20 Å². The standard InChI is InChI=1S/CH4FNO3P2/c2-8(6-5)7-1-3-4/h1,4-5,7H/p-1/b3-1+/i1T,7D. The molecule has 0 heterocycles. The fraction of sp³-hybridized carbons (Fsp3) is 0. The molecule has 0 aromatic rings. The van der Waals surface area contributed by atoms with Gasteiger partial charge in [-0.1, -0.05) is 0 Å². The molecular formula is CH3FNO3P2-. The molecule has 0 fully saturated rings. The lowest BCUT2D eigenvalue weighted by Gasteiger charge is -1.95. The Kier molecular flexibility index (Phi) is 3.33. The number of rotatable bonds is 3. The zero-order chi connectivity index (χ0) is 8.15. The van der Waals surface area contributed by atoms with E-state index in [2.05, 4.69) is 4.67 Å². The molecule has 0 radical (unpaired) electrons. The predicted octanol–water partition coefficient (Wildman–Crippen LogP) is 1.88. The molecule has 0 aliphatic rings. The van der Waals surface area contributed by atoms with Crippen LogP contribution in [0.3, 0.4) is 0 Å². The van der Waals surface area contributed by atoms with Crippen LogP contribution in [0.1, 0.15) is 1.37 Å². The first kappa shape index (κ1) is 5.00. The maximum atomic E-state index is 12.1. The Hall–Kier alpha value is 0.180. The summed E-state index contributed by atoms with van der Waals surface area (Å²) in [5.74, 6) is -0.933. The average Bonchev–Trinajstić information content (AvgIpc) is 2.00. The second-order valence-electron chi connectivity index (χ2n) is 0.599. The second kappa shape index (κ2) is 5.32. The summed E-state index contributed by atoms with van der Waals surface area (Å²) in [5, 5.41) is 19.2. The quantitative estimate of drug-likeness (QED) is 0.297. The van der Waals surface area contributed by atoms with E-state index < -0.39 is 22.3 Å². The van der Waals surface area contributed by atoms with Crippen molar-refractivity contribution in [1.82, 2.24) is 0 Å². The van der Waals surface area contributed by atoms with Crippen molar-refractivity contribution < 1.29 is 15.5 Å². The van der Waals surface area contributed by atoms with Crippen molar-refractivity contribution >= 4 is 22.3 Å². The zero-order valence-corrected chi connectivity index (χ0v) is 5.27. The molecule has 0 saturated carbocycles. The summed E-state index contributed by atoms with van der Waals surface area (Å²) in [6.07, 6.45) is 0. The van der Waals surface area contributed by atoms with E-state index in [0.29, 0.717) is 0 Å². The fourth-order valence-corrected chi connectivity index (χ4v) is 0.645. The van der Waals surface area contributed by atoms with Gasteiger partial charge in [-0.3, -0.25) is 0 Å². The maximum absolute atomic E-state index is 12.1. The van der Waals surface area contributed by atoms with E-state index in [4.69, 9.17) is 7.91 Å². The van der Waals surface area contributed by atoms with Gasteiger partial charge in [-0.2, -0.15) is 8.87 Å². The van der Waals surface area contributed by atoms with Gasteiger partial charge in [0.25, 0.3) is 8.15 Å². The first-order valence-corrected chi connectivity index (χ1v) is 4.11. The van der Waals surface area contributed by atoms with Gasteiger partial charge in [0.1, 0.15) is 0 Å². The van der Waals surface area contributed by atoms with Crippen molar-refractivity contribution in [1.29, 1.82) is 1.28 Å². The molecule has 8 heavy (non-hydrogen) atoms. The number of nitrogens with zero attached hydrogens (tertiary/aromatic N) is 1. The molecule has 0 aromatic heterocycles. The van der Waals surface area contributed by atoms with Crippen molar-refractivity contribution in [3.63, 3.8) is 0 Å². The van der Waals surface area contributed by atoms with E-state index >= 15 is 0 Å². The lowest BCUT2D eigenvalue weighted by atomic mass is 11.7. The van der Waals surface area contributed by atoms with Gasteiger partial charge in [0.05, 0.1) is 2.65 Å². The van der Waals surface area contributed by atoms with E-state index in [9.17, 15) is 9.40 Å². The molecule has 0 bridgehead atoms. The van der Waals surface area contributed by atoms with Crippen LogP contribution in [-0.4, -0.2) is 12.5 Å². The summed E-state index contributed by atoms with van der Waals surface area (Å²) >= 11 is 0. The van der Waals surface area contributed by atoms with Crippen LogP contribution in [0.15, 0.2) is 5.16 Å². The van der Waals surface area contributed by atoms with E-state index in [1.807, 2.05) is 5.16 Å². The third-order valence-corrected chi connectivity index (χ3v) is 1.65. The van der Waals surface area contributed by atoms with Crippen LogP contribution < -0.4 is 0 Å². The highest BCUT2D eigenvalue weighted by Gasteiger charge is 2.01. The predicted molar refractivity (Wildman–Crippen MR) is 31.9 cm³/mol. The first-order valence-electron chi connectivity index (χ1n) is 2.31. The topological polar surface area (TPSA) is 64.9 Å². The lowest BCUT2D eigenvalue weighted by molar-refractivity contribution is -0.129. The van der Waals surface area contributed by atoms with Crippen LogP contribution in [-0.2, 0) is 4.67 Å². The van der Waals surface area contributed by atoms with Crippen LogP contribution >= 0.6 is 16.4 Å². The Morgan fingerprint density at radius 1 is 2.50 bits per heavy atom. The van der Waals surface area contributed by atoms with Crippen molar-refractivity contribution in [2.75, 3.05) is 0 Å². The van der Waals surface area contributed by atoms with Gasteiger partial charge in [0, 0.05) is 14.1 Å². The summed E-state index contributed by atoms with van der Waals surface area (Å²) in [7, 11) is -5.34. The molecule has 4 nitrogen and oxygen atoms in total. The van der Waals surface area contributed by atoms with E-state index in [0.717, 1.165) is 0 Å². The summed E-state index contributed by atoms with van der Waals surface area (Å²) in [6, 6.07) is 0. The largest absolute Gasteiger partial charge is 0.792 e. The van der Waals surface area contributed by atoms with E-state index in [-0.39, 0.29) is 0 Å². The van der Waals surface area contributed by atoms with Gasteiger partial charge in [0.2, 0.25) is 0 Å². The minimum absolute atomic E-state index is 0.933. The van der Waals surface area contributed by atoms with Gasteiger partial charge < -0.3 is 10.4 Å². The van der Waals surface area contributed by atoms with Crippen molar-refractivity contribution in [3.8, 4) is 0 Å². The number of halogens is 1. The molecule has 48 valence electrons. The number of hydrogen-bond acceptors (Lipinski definition) is 4. The van der Waals surface area contributed by atoms with Crippen molar-refractivity contribution in [2.24, 2.45) is 5.16 Å². The fourth-order valence-electron chi connectivity index (χ4n) is 0.0717. The van der Waals surface area contributed by atoms with Crippen molar-refractivity contribution in [3.05, 3.63) is 5.21 Å². The third kappa shape index (κ3) is 4.34. The molecule has 0 aromatic carbocycles. The molecule has 0 saturated heterocycles. The average molecular weight is 161 g/mol. The molecule has 0 aliphatic carbocycles. The highest BCUT2D eigenvalue weighted by molar-refractivity contribution is 8.22. The Labute approximate surface area is 50.6 Å². The van der Waals surface area contributed by atoms with Gasteiger partial charge >= 0.3 is 0 Å². The molecule has 0 rings (SSSR count). The smallest absolute Gasteiger partial charge is 0.279 e. The summed E-state index contributed by atoms with van der Waals surface area (Å²) < 4.78 is 28.4. The van der Waals surface area contributed by atoms with Gasteiger partial charge in [-0.25, -0.2) is 5.26 Å². The Morgan fingerprint density at radius 2 is 3.12 bits per heavy atom. The first-order chi connectivity index (χ1) is 4.63. The summed E-state index contributed by atoms with van der Waals surface area (Å²) in [6.45, 7) is 0. The summed E-state index contributed by atoms with van der Waals surface area (Å²) in [4.78, 5) is 0. The highest BCUT2D eigenvalue weighted by Crippen LogP contribution is 2.55. The van der Waals surface area contributed by atoms with Gasteiger partial charge in [0.15, 0.2) is 0 Å². The second-order valence-corrected chi connectivity index (χ2v) is 3.16. The third-order valence-electron chi connectivity index (χ3n) is 0.232. The van der Waals surface area contributed by atoms with E-state index in [1.165, 1.54) is 0 Å². The van der Waals surface area contributed by atoms with Crippen LogP contribution in [0, 0.1) is 5.21 Å². The molecule has 2 unspecified atom stereocenters. The molecule has 7 heteroatoms.